The minimum absolute atomic E-state index is 0.255. The molecule has 0 fully saturated rings. The molecule has 0 aliphatic rings. The van der Waals surface area contributed by atoms with Crippen molar-refractivity contribution in [3.8, 4) is 0 Å². The van der Waals surface area contributed by atoms with E-state index in [0.717, 1.165) is 26.5 Å². The summed E-state index contributed by atoms with van der Waals surface area (Å²) in [5.41, 5.74) is 1.79. The molecule has 3 aromatic carbocycles. The van der Waals surface area contributed by atoms with Crippen LogP contribution in [0.5, 0.6) is 0 Å². The fourth-order valence-electron chi connectivity index (χ4n) is 2.44. The molecule has 0 saturated heterocycles. The van der Waals surface area contributed by atoms with Crippen molar-refractivity contribution in [3.05, 3.63) is 82.8 Å². The Hall–Kier alpha value is -2.50. The standard InChI is InChI=1S/C20H15BrN2OS/c21-16-8-4-9-17(13-16)22-20(25)23-19(24)12-11-15-7-3-6-14-5-1-2-10-18(14)15/h1-13H,(H2,22,23,24,25)/b12-11+. The fourth-order valence-corrected chi connectivity index (χ4v) is 3.06. The molecule has 0 radical (unpaired) electrons. The van der Waals surface area contributed by atoms with E-state index < -0.39 is 0 Å². The van der Waals surface area contributed by atoms with Gasteiger partial charge in [-0.2, -0.15) is 0 Å². The zero-order chi connectivity index (χ0) is 17.6. The van der Waals surface area contributed by atoms with Crippen LogP contribution >= 0.6 is 28.1 Å². The number of carbonyl (C=O) groups is 1. The Bertz CT molecular complexity index is 963. The summed E-state index contributed by atoms with van der Waals surface area (Å²) >= 11 is 8.56. The van der Waals surface area contributed by atoms with E-state index >= 15 is 0 Å². The number of anilines is 1. The van der Waals surface area contributed by atoms with Gasteiger partial charge in [0.25, 0.3) is 0 Å². The van der Waals surface area contributed by atoms with Crippen molar-refractivity contribution in [2.24, 2.45) is 0 Å². The normalized spacial score (nSPS) is 10.8. The van der Waals surface area contributed by atoms with Gasteiger partial charge in [0.05, 0.1) is 0 Å². The van der Waals surface area contributed by atoms with Gasteiger partial charge in [0, 0.05) is 16.2 Å². The predicted molar refractivity (Wildman–Crippen MR) is 111 cm³/mol. The molecule has 2 N–H and O–H groups in total. The molecule has 0 bridgehead atoms. The second-order valence-corrected chi connectivity index (χ2v) is 6.68. The van der Waals surface area contributed by atoms with Crippen molar-refractivity contribution in [2.45, 2.75) is 0 Å². The SMILES string of the molecule is O=C(/C=C/c1cccc2ccccc12)NC(=S)Nc1cccc(Br)c1. The lowest BCUT2D eigenvalue weighted by molar-refractivity contribution is -0.115. The zero-order valence-corrected chi connectivity index (χ0v) is 15.6. The summed E-state index contributed by atoms with van der Waals surface area (Å²) in [6.45, 7) is 0. The van der Waals surface area contributed by atoms with E-state index in [1.807, 2.05) is 66.7 Å². The van der Waals surface area contributed by atoms with Crippen LogP contribution in [-0.4, -0.2) is 11.0 Å². The van der Waals surface area contributed by atoms with Crippen LogP contribution in [0.25, 0.3) is 16.8 Å². The van der Waals surface area contributed by atoms with Gasteiger partial charge in [-0.25, -0.2) is 0 Å². The molecule has 0 heterocycles. The van der Waals surface area contributed by atoms with Gasteiger partial charge in [0.1, 0.15) is 0 Å². The first kappa shape index (κ1) is 17.3. The number of amides is 1. The molecule has 0 aliphatic carbocycles. The molecule has 0 saturated carbocycles. The van der Waals surface area contributed by atoms with Crippen LogP contribution in [0.2, 0.25) is 0 Å². The maximum Gasteiger partial charge on any atom is 0.250 e. The van der Waals surface area contributed by atoms with Crippen LogP contribution in [0.1, 0.15) is 5.56 Å². The van der Waals surface area contributed by atoms with E-state index in [9.17, 15) is 4.79 Å². The number of halogens is 1. The first-order valence-corrected chi connectivity index (χ1v) is 8.85. The van der Waals surface area contributed by atoms with E-state index in [1.54, 1.807) is 6.08 Å². The Morgan fingerprint density at radius 2 is 1.76 bits per heavy atom. The molecule has 3 aromatic rings. The summed E-state index contributed by atoms with van der Waals surface area (Å²) in [5, 5.41) is 8.11. The van der Waals surface area contributed by atoms with E-state index in [1.165, 1.54) is 6.08 Å². The Labute approximate surface area is 159 Å². The number of benzene rings is 3. The quantitative estimate of drug-likeness (QED) is 0.464. The third kappa shape index (κ3) is 4.75. The maximum atomic E-state index is 12.1. The Kier molecular flexibility index (Phi) is 5.58. The lowest BCUT2D eigenvalue weighted by atomic mass is 10.0. The van der Waals surface area contributed by atoms with Crippen molar-refractivity contribution < 1.29 is 4.79 Å². The van der Waals surface area contributed by atoms with Gasteiger partial charge in [-0.3, -0.25) is 10.1 Å². The van der Waals surface area contributed by atoms with Gasteiger partial charge in [0.2, 0.25) is 5.91 Å². The van der Waals surface area contributed by atoms with Gasteiger partial charge >= 0.3 is 0 Å². The molecule has 0 unspecified atom stereocenters. The van der Waals surface area contributed by atoms with Crippen molar-refractivity contribution >= 4 is 61.7 Å². The summed E-state index contributed by atoms with van der Waals surface area (Å²) in [6, 6.07) is 21.6. The third-order valence-corrected chi connectivity index (χ3v) is 4.25. The summed E-state index contributed by atoms with van der Waals surface area (Å²) in [7, 11) is 0. The van der Waals surface area contributed by atoms with Gasteiger partial charge in [0.15, 0.2) is 5.11 Å². The van der Waals surface area contributed by atoms with Crippen molar-refractivity contribution in [1.29, 1.82) is 0 Å². The summed E-state index contributed by atoms with van der Waals surface area (Å²) in [4.78, 5) is 12.1. The molecule has 0 spiro atoms. The van der Waals surface area contributed by atoms with E-state index in [0.29, 0.717) is 0 Å². The molecule has 3 rings (SSSR count). The summed E-state index contributed by atoms with van der Waals surface area (Å²) in [6.07, 6.45) is 3.27. The second kappa shape index (κ2) is 8.05. The smallest absolute Gasteiger partial charge is 0.250 e. The molecule has 25 heavy (non-hydrogen) atoms. The lowest BCUT2D eigenvalue weighted by Crippen LogP contribution is -2.32. The first-order chi connectivity index (χ1) is 12.1. The Morgan fingerprint density at radius 1 is 1.00 bits per heavy atom. The highest BCUT2D eigenvalue weighted by Gasteiger charge is 2.03. The van der Waals surface area contributed by atoms with Crippen LogP contribution in [0.3, 0.4) is 0 Å². The molecule has 124 valence electrons. The molecular weight excluding hydrogens is 396 g/mol. The molecule has 5 heteroatoms. The highest BCUT2D eigenvalue weighted by atomic mass is 79.9. The zero-order valence-electron chi connectivity index (χ0n) is 13.2. The van der Waals surface area contributed by atoms with E-state index in [4.69, 9.17) is 12.2 Å². The molecule has 0 atom stereocenters. The molecule has 3 nitrogen and oxygen atoms in total. The maximum absolute atomic E-state index is 12.1. The number of hydrogen-bond donors (Lipinski definition) is 2. The van der Waals surface area contributed by atoms with Crippen molar-refractivity contribution in [1.82, 2.24) is 5.32 Å². The van der Waals surface area contributed by atoms with Crippen molar-refractivity contribution in [2.75, 3.05) is 5.32 Å². The minimum atomic E-state index is -0.277. The average Bonchev–Trinajstić information content (AvgIpc) is 2.59. The highest BCUT2D eigenvalue weighted by molar-refractivity contribution is 9.10. The number of hydrogen-bond acceptors (Lipinski definition) is 2. The number of fused-ring (bicyclic) bond motifs is 1. The molecule has 1 amide bonds. The minimum Gasteiger partial charge on any atom is -0.332 e. The molecule has 0 aliphatic heterocycles. The predicted octanol–water partition coefficient (Wildman–Crippen LogP) is 5.13. The largest absolute Gasteiger partial charge is 0.332 e. The van der Waals surface area contributed by atoms with Gasteiger partial charge in [-0.05, 0) is 52.8 Å². The van der Waals surface area contributed by atoms with Crippen LogP contribution < -0.4 is 10.6 Å². The lowest BCUT2D eigenvalue weighted by Gasteiger charge is -2.08. The monoisotopic (exact) mass is 410 g/mol. The topological polar surface area (TPSA) is 41.1 Å². The van der Waals surface area contributed by atoms with Crippen LogP contribution in [-0.2, 0) is 4.79 Å². The average molecular weight is 411 g/mol. The number of carbonyl (C=O) groups excluding carboxylic acids is 1. The summed E-state index contributed by atoms with van der Waals surface area (Å²) in [5.74, 6) is -0.277. The van der Waals surface area contributed by atoms with Gasteiger partial charge in [-0.1, -0.05) is 64.5 Å². The Morgan fingerprint density at radius 3 is 2.60 bits per heavy atom. The van der Waals surface area contributed by atoms with Crippen molar-refractivity contribution in [3.63, 3.8) is 0 Å². The first-order valence-electron chi connectivity index (χ1n) is 7.65. The number of thiocarbonyl (C=S) groups is 1. The number of nitrogens with one attached hydrogen (secondary N) is 2. The van der Waals surface area contributed by atoms with Crippen LogP contribution in [0.15, 0.2) is 77.3 Å². The summed E-state index contributed by atoms with van der Waals surface area (Å²) < 4.78 is 0.933. The molecule has 0 aromatic heterocycles. The van der Waals surface area contributed by atoms with Crippen LogP contribution in [0.4, 0.5) is 5.69 Å². The van der Waals surface area contributed by atoms with Crippen LogP contribution in [0, 0.1) is 0 Å². The highest BCUT2D eigenvalue weighted by Crippen LogP contribution is 2.19. The third-order valence-electron chi connectivity index (χ3n) is 3.56. The van der Waals surface area contributed by atoms with Gasteiger partial charge in [-0.15, -0.1) is 0 Å². The molecular formula is C20H15BrN2OS. The number of rotatable bonds is 3. The fraction of sp³-hybridized carbons (Fsp3) is 0. The van der Waals surface area contributed by atoms with Gasteiger partial charge < -0.3 is 5.32 Å². The Balaban J connectivity index is 1.65. The van der Waals surface area contributed by atoms with E-state index in [-0.39, 0.29) is 11.0 Å². The second-order valence-electron chi connectivity index (χ2n) is 5.36. The van der Waals surface area contributed by atoms with E-state index in [2.05, 4.69) is 26.6 Å².